The topological polar surface area (TPSA) is 194 Å². The largest absolute Gasteiger partial charge is 0.410 e. The fourth-order valence-corrected chi connectivity index (χ4v) is 5.73. The summed E-state index contributed by atoms with van der Waals surface area (Å²) in [5.74, 6) is -0.750. The Morgan fingerprint density at radius 3 is 2.59 bits per heavy atom. The number of hydrogen-bond donors (Lipinski definition) is 4. The molecule has 13 nitrogen and oxygen atoms in total. The van der Waals surface area contributed by atoms with Crippen LogP contribution < -0.4 is 11.2 Å². The van der Waals surface area contributed by atoms with Gasteiger partial charge in [-0.05, 0) is 13.8 Å². The van der Waals surface area contributed by atoms with Crippen LogP contribution in [0, 0.1) is 6.92 Å². The lowest BCUT2D eigenvalue weighted by atomic mass is 9.91. The van der Waals surface area contributed by atoms with Gasteiger partial charge >= 0.3 is 12.4 Å². The van der Waals surface area contributed by atoms with Crippen LogP contribution in [0.5, 0.6) is 0 Å². The van der Waals surface area contributed by atoms with Crippen LogP contribution in [0.3, 0.4) is 0 Å². The maximum atomic E-state index is 12.0. The minimum Gasteiger partial charge on any atom is -0.379 e. The van der Waals surface area contributed by atoms with Crippen LogP contribution in [-0.2, 0) is 27.7 Å². The molecule has 1 aromatic heterocycles. The fourth-order valence-electron chi connectivity index (χ4n) is 2.77. The second-order valence-corrected chi connectivity index (χ2v) is 10.9. The summed E-state index contributed by atoms with van der Waals surface area (Å²) in [6.07, 6.45) is -1.85. The predicted octanol–water partition coefficient (Wildman–Crippen LogP) is -1.25. The highest BCUT2D eigenvalue weighted by atomic mass is 31.2. The first-order valence-electron chi connectivity index (χ1n) is 8.25. The molecule has 1 fully saturated rings. The van der Waals surface area contributed by atoms with Gasteiger partial charge < -0.3 is 28.7 Å². The molecule has 1 aromatic rings. The molecule has 0 radical (unpaired) electrons. The molecule has 1 aliphatic heterocycles. The molecule has 29 heavy (non-hydrogen) atoms. The average molecular weight is 454 g/mol. The van der Waals surface area contributed by atoms with Gasteiger partial charge in [-0.3, -0.25) is 28.3 Å². The maximum Gasteiger partial charge on any atom is 0.410 e. The Morgan fingerprint density at radius 1 is 1.41 bits per heavy atom. The third-order valence-electron chi connectivity index (χ3n) is 4.48. The number of aliphatic hydroxyl groups is 1. The number of H-pyrrole nitrogens is 1. The number of ketones is 1. The van der Waals surface area contributed by atoms with Crippen LogP contribution in [0.15, 0.2) is 15.8 Å². The van der Waals surface area contributed by atoms with E-state index in [0.29, 0.717) is 0 Å². The van der Waals surface area contributed by atoms with Crippen molar-refractivity contribution < 1.29 is 42.6 Å². The van der Waals surface area contributed by atoms with E-state index in [1.807, 2.05) is 0 Å². The fraction of sp³-hybridized carbons (Fsp3) is 0.615. The van der Waals surface area contributed by atoms with Crippen molar-refractivity contribution >= 4 is 27.5 Å². The van der Waals surface area contributed by atoms with Crippen LogP contribution in [-0.4, -0.2) is 62.4 Å². The zero-order chi connectivity index (χ0) is 22.2. The van der Waals surface area contributed by atoms with Crippen molar-refractivity contribution in [3.63, 3.8) is 0 Å². The number of Topliss-reactive ketones (excluding diaryl/α,β-unsaturated/α-hetero) is 1. The molecule has 0 aliphatic carbocycles. The lowest BCUT2D eigenvalue weighted by molar-refractivity contribution is -0.143. The van der Waals surface area contributed by atoms with Crippen molar-refractivity contribution in [1.82, 2.24) is 9.55 Å². The Hall–Kier alpha value is -1.37. The Kier molecular flexibility index (Phi) is 6.93. The highest BCUT2D eigenvalue weighted by molar-refractivity contribution is 8.12. The maximum absolute atomic E-state index is 12.0. The highest BCUT2D eigenvalue weighted by Gasteiger charge is 2.52. The zero-order valence-electron chi connectivity index (χ0n) is 15.8. The van der Waals surface area contributed by atoms with Gasteiger partial charge in [0.2, 0.25) is 0 Å². The van der Waals surface area contributed by atoms with Gasteiger partial charge in [-0.2, -0.15) is 0 Å². The van der Waals surface area contributed by atoms with E-state index >= 15 is 0 Å². The van der Waals surface area contributed by atoms with E-state index in [4.69, 9.17) is 9.26 Å². The summed E-state index contributed by atoms with van der Waals surface area (Å²) >= 11 is 0. The summed E-state index contributed by atoms with van der Waals surface area (Å²) in [5, 5.41) is 10.7. The number of nitrogens with zero attached hydrogens (tertiary/aromatic N) is 1. The molecule has 0 bridgehead atoms. The number of aryl methyl sites for hydroxylation is 1. The quantitative estimate of drug-likeness (QED) is 0.271. The Labute approximate surface area is 164 Å². The monoisotopic (exact) mass is 454 g/mol. The van der Waals surface area contributed by atoms with Gasteiger partial charge in [0.05, 0.1) is 6.61 Å². The number of nitrogens with one attached hydrogen (secondary N) is 1. The van der Waals surface area contributed by atoms with Crippen LogP contribution >= 0.6 is 14.9 Å². The molecule has 2 heterocycles. The first-order chi connectivity index (χ1) is 13.2. The molecule has 162 valence electrons. The molecule has 0 saturated carbocycles. The van der Waals surface area contributed by atoms with Crippen molar-refractivity contribution in [2.24, 2.45) is 0 Å². The molecule has 2 unspecified atom stereocenters. The molecule has 16 heteroatoms. The number of ether oxygens (including phenoxy) is 1. The van der Waals surface area contributed by atoms with Gasteiger partial charge in [0, 0.05) is 25.3 Å². The van der Waals surface area contributed by atoms with E-state index in [9.17, 15) is 38.4 Å². The molecule has 0 amide bonds. The first kappa shape index (κ1) is 23.9. The van der Waals surface area contributed by atoms with E-state index in [0.717, 1.165) is 18.6 Å². The minimum atomic E-state index is -4.64. The number of carbonyl (C=O) groups is 1. The Balaban J connectivity index is 2.25. The van der Waals surface area contributed by atoms with Gasteiger partial charge in [-0.15, -0.1) is 0 Å². The summed E-state index contributed by atoms with van der Waals surface area (Å²) in [5.41, 5.74) is -3.44. The highest BCUT2D eigenvalue weighted by Crippen LogP contribution is 2.55. The Morgan fingerprint density at radius 2 is 2.03 bits per heavy atom. The molecule has 4 N–H and O–H groups in total. The standard InChI is InChI=1S/C13H21BN2O11P2/c1-7-5-16(12(19)15-11(7)18)10-4-13(20,8(2)17)9(27-10)6-26-29(23,24)14-28(21,22)25-3/h5,9-10,14,20H,4,6H2,1-3H3,(H,21,22)(H,23,24)(H,15,18,19)/t9-,10-,13-/m1/s1. The van der Waals surface area contributed by atoms with Gasteiger partial charge in [0.25, 0.3) is 20.5 Å². The SMILES string of the molecule is COP(=O)(O)BP(=O)(O)OC[C@H]1O[C@@H](n2cc(C)c(=O)[nH]c2=O)C[C@@]1(O)C(C)=O. The van der Waals surface area contributed by atoms with Crippen LogP contribution in [0.2, 0.25) is 0 Å². The van der Waals surface area contributed by atoms with Crippen molar-refractivity contribution in [3.8, 4) is 0 Å². The van der Waals surface area contributed by atoms with Gasteiger partial charge in [0.1, 0.15) is 12.3 Å². The summed E-state index contributed by atoms with van der Waals surface area (Å²) in [7, 11) is -8.13. The van der Waals surface area contributed by atoms with Gasteiger partial charge in [0.15, 0.2) is 11.4 Å². The van der Waals surface area contributed by atoms with Crippen LogP contribution in [0.4, 0.5) is 0 Å². The second kappa shape index (κ2) is 8.40. The van der Waals surface area contributed by atoms with E-state index < -0.39 is 69.7 Å². The van der Waals surface area contributed by atoms with E-state index in [1.54, 1.807) is 0 Å². The number of rotatable bonds is 8. The summed E-state index contributed by atoms with van der Waals surface area (Å²) in [4.78, 5) is 56.7. The Bertz CT molecular complexity index is 1010. The number of aromatic amines is 1. The molecule has 2 rings (SSSR count). The van der Waals surface area contributed by atoms with Gasteiger partial charge in [-0.1, -0.05) is 0 Å². The number of carbonyl (C=O) groups excluding carboxylic acids is 1. The lowest BCUT2D eigenvalue weighted by Crippen LogP contribution is -2.47. The lowest BCUT2D eigenvalue weighted by Gasteiger charge is -2.26. The zero-order valence-corrected chi connectivity index (χ0v) is 17.6. The van der Waals surface area contributed by atoms with Crippen molar-refractivity contribution in [2.45, 2.75) is 38.2 Å². The normalized spacial score (nSPS) is 28.5. The van der Waals surface area contributed by atoms with Gasteiger partial charge in [-0.25, -0.2) is 4.79 Å². The van der Waals surface area contributed by atoms with Crippen molar-refractivity contribution in [2.75, 3.05) is 13.7 Å². The van der Waals surface area contributed by atoms with Crippen LogP contribution in [0.25, 0.3) is 0 Å². The summed E-state index contributed by atoms with van der Waals surface area (Å²) in [6, 6.07) is 0. The number of aromatic nitrogens is 2. The molecule has 1 saturated heterocycles. The molecule has 0 spiro atoms. The molecule has 1 aliphatic rings. The third kappa shape index (κ3) is 5.42. The third-order valence-corrected chi connectivity index (χ3v) is 8.46. The van der Waals surface area contributed by atoms with E-state index in [2.05, 4.69) is 9.51 Å². The molecule has 5 atom stereocenters. The van der Waals surface area contributed by atoms with Crippen molar-refractivity contribution in [1.29, 1.82) is 0 Å². The number of hydrogen-bond acceptors (Lipinski definition) is 9. The molecule has 0 aromatic carbocycles. The van der Waals surface area contributed by atoms with E-state index in [-0.39, 0.29) is 5.56 Å². The second-order valence-electron chi connectivity index (χ2n) is 6.64. The van der Waals surface area contributed by atoms with E-state index in [1.165, 1.54) is 13.1 Å². The predicted molar refractivity (Wildman–Crippen MR) is 100.0 cm³/mol. The molecular formula is C13H21BN2O11P2. The summed E-state index contributed by atoms with van der Waals surface area (Å²) < 4.78 is 39.0. The molecular weight excluding hydrogens is 433 g/mol. The summed E-state index contributed by atoms with van der Waals surface area (Å²) in [6.45, 7) is 0.502. The first-order valence-corrected chi connectivity index (χ1v) is 11.8. The average Bonchev–Trinajstić information content (AvgIpc) is 2.93. The smallest absolute Gasteiger partial charge is 0.379 e. The van der Waals surface area contributed by atoms with Crippen LogP contribution in [0.1, 0.15) is 25.1 Å². The van der Waals surface area contributed by atoms with Crippen molar-refractivity contribution in [3.05, 3.63) is 32.6 Å². The minimum absolute atomic E-state index is 0.178.